The fourth-order valence-electron chi connectivity index (χ4n) is 3.37. The lowest BCUT2D eigenvalue weighted by atomic mass is 9.98. The molecule has 20 heavy (non-hydrogen) atoms. The molecule has 0 aliphatic carbocycles. The first-order valence-electron chi connectivity index (χ1n) is 7.17. The van der Waals surface area contributed by atoms with Gasteiger partial charge in [-0.1, -0.05) is 12.5 Å². The molecular formula is C15H19FN2O2. The monoisotopic (exact) mass is 278 g/mol. The molecule has 4 nitrogen and oxygen atoms in total. The van der Waals surface area contributed by atoms with Gasteiger partial charge in [0.25, 0.3) is 0 Å². The fourth-order valence-corrected chi connectivity index (χ4v) is 3.37. The largest absolute Gasteiger partial charge is 0.478 e. The molecule has 0 saturated carbocycles. The van der Waals surface area contributed by atoms with Crippen molar-refractivity contribution in [2.45, 2.75) is 25.3 Å². The van der Waals surface area contributed by atoms with E-state index in [1.54, 1.807) is 0 Å². The van der Waals surface area contributed by atoms with Gasteiger partial charge in [-0.05, 0) is 31.5 Å². The maximum atomic E-state index is 14.1. The SMILES string of the molecule is O=C(O)c1cccc(F)c1N1CCN2CCCCC2C1. The summed E-state index contributed by atoms with van der Waals surface area (Å²) < 4.78 is 14.1. The summed E-state index contributed by atoms with van der Waals surface area (Å²) in [5.74, 6) is -1.50. The quantitative estimate of drug-likeness (QED) is 0.900. The van der Waals surface area contributed by atoms with Crippen LogP contribution in [-0.4, -0.2) is 48.2 Å². The molecule has 1 aromatic carbocycles. The van der Waals surface area contributed by atoms with Gasteiger partial charge in [0, 0.05) is 25.7 Å². The summed E-state index contributed by atoms with van der Waals surface area (Å²) in [6.07, 6.45) is 3.56. The number of halogens is 1. The third-order valence-corrected chi connectivity index (χ3v) is 4.37. The topological polar surface area (TPSA) is 43.8 Å². The van der Waals surface area contributed by atoms with Crippen LogP contribution in [-0.2, 0) is 0 Å². The summed E-state index contributed by atoms with van der Waals surface area (Å²) in [6.45, 7) is 3.42. The van der Waals surface area contributed by atoms with E-state index >= 15 is 0 Å². The van der Waals surface area contributed by atoms with Crippen molar-refractivity contribution >= 4 is 11.7 Å². The highest BCUT2D eigenvalue weighted by Gasteiger charge is 2.31. The van der Waals surface area contributed by atoms with Crippen LogP contribution in [0.2, 0.25) is 0 Å². The number of piperazine rings is 1. The van der Waals surface area contributed by atoms with Crippen molar-refractivity contribution in [1.29, 1.82) is 0 Å². The van der Waals surface area contributed by atoms with Crippen LogP contribution < -0.4 is 4.90 Å². The minimum atomic E-state index is -1.06. The van der Waals surface area contributed by atoms with Gasteiger partial charge in [0.2, 0.25) is 0 Å². The summed E-state index contributed by atoms with van der Waals surface area (Å²) in [5, 5.41) is 9.25. The summed E-state index contributed by atoms with van der Waals surface area (Å²) in [6, 6.07) is 4.71. The maximum absolute atomic E-state index is 14.1. The second kappa shape index (κ2) is 5.40. The molecule has 1 aromatic rings. The Morgan fingerprint density at radius 3 is 2.90 bits per heavy atom. The molecule has 0 radical (unpaired) electrons. The summed E-state index contributed by atoms with van der Waals surface area (Å²) >= 11 is 0. The zero-order valence-electron chi connectivity index (χ0n) is 11.4. The molecule has 0 aromatic heterocycles. The zero-order valence-corrected chi connectivity index (χ0v) is 11.4. The average Bonchev–Trinajstić information content (AvgIpc) is 2.46. The van der Waals surface area contributed by atoms with Crippen LogP contribution in [0.1, 0.15) is 29.6 Å². The van der Waals surface area contributed by atoms with E-state index in [0.717, 1.165) is 26.1 Å². The number of fused-ring (bicyclic) bond motifs is 1. The minimum Gasteiger partial charge on any atom is -0.478 e. The summed E-state index contributed by atoms with van der Waals surface area (Å²) in [7, 11) is 0. The number of hydrogen-bond acceptors (Lipinski definition) is 3. The van der Waals surface area contributed by atoms with Crippen LogP contribution >= 0.6 is 0 Å². The lowest BCUT2D eigenvalue weighted by Crippen LogP contribution is -2.55. The van der Waals surface area contributed by atoms with E-state index in [4.69, 9.17) is 0 Å². The highest BCUT2D eigenvalue weighted by Crippen LogP contribution is 2.29. The Morgan fingerprint density at radius 1 is 1.25 bits per heavy atom. The summed E-state index contributed by atoms with van der Waals surface area (Å²) in [4.78, 5) is 15.6. The van der Waals surface area contributed by atoms with Crippen molar-refractivity contribution in [2.24, 2.45) is 0 Å². The van der Waals surface area contributed by atoms with Crippen LogP contribution in [0.4, 0.5) is 10.1 Å². The van der Waals surface area contributed by atoms with Crippen LogP contribution in [0.15, 0.2) is 18.2 Å². The standard InChI is InChI=1S/C15H19FN2O2/c16-13-6-3-5-12(15(19)20)14(13)18-9-8-17-7-2-1-4-11(17)10-18/h3,5-6,11H,1-2,4,7-10H2,(H,19,20). The molecule has 1 atom stereocenters. The van der Waals surface area contributed by atoms with Gasteiger partial charge in [-0.15, -0.1) is 0 Å². The number of anilines is 1. The third-order valence-electron chi connectivity index (χ3n) is 4.37. The van der Waals surface area contributed by atoms with Crippen molar-refractivity contribution in [3.8, 4) is 0 Å². The van der Waals surface area contributed by atoms with E-state index in [1.165, 1.54) is 31.0 Å². The first-order chi connectivity index (χ1) is 9.66. The molecule has 0 bridgehead atoms. The van der Waals surface area contributed by atoms with Crippen LogP contribution in [0.3, 0.4) is 0 Å². The van der Waals surface area contributed by atoms with Crippen molar-refractivity contribution in [2.75, 3.05) is 31.1 Å². The van der Waals surface area contributed by atoms with Gasteiger partial charge in [0.15, 0.2) is 0 Å². The number of rotatable bonds is 2. The molecule has 1 unspecified atom stereocenters. The third kappa shape index (κ3) is 2.38. The number of carboxylic acid groups (broad SMARTS) is 1. The van der Waals surface area contributed by atoms with Gasteiger partial charge >= 0.3 is 5.97 Å². The molecule has 108 valence electrons. The highest BCUT2D eigenvalue weighted by atomic mass is 19.1. The zero-order chi connectivity index (χ0) is 14.1. The van der Waals surface area contributed by atoms with Crippen LogP contribution in [0, 0.1) is 5.82 Å². The molecule has 2 aliphatic rings. The molecule has 0 amide bonds. The number of nitrogens with zero attached hydrogens (tertiary/aromatic N) is 2. The Labute approximate surface area is 117 Å². The first kappa shape index (κ1) is 13.4. The minimum absolute atomic E-state index is 0.0641. The molecule has 3 rings (SSSR count). The lowest BCUT2D eigenvalue weighted by Gasteiger charge is -2.45. The Morgan fingerprint density at radius 2 is 2.10 bits per heavy atom. The molecule has 1 N–H and O–H groups in total. The number of benzene rings is 1. The fraction of sp³-hybridized carbons (Fsp3) is 0.533. The van der Waals surface area contributed by atoms with Gasteiger partial charge in [-0.25, -0.2) is 9.18 Å². The number of aromatic carboxylic acids is 1. The maximum Gasteiger partial charge on any atom is 0.337 e. The molecule has 5 heteroatoms. The molecule has 2 aliphatic heterocycles. The van der Waals surface area contributed by atoms with Crippen molar-refractivity contribution in [1.82, 2.24) is 4.90 Å². The van der Waals surface area contributed by atoms with E-state index in [2.05, 4.69) is 4.90 Å². The molecule has 2 fully saturated rings. The van der Waals surface area contributed by atoms with Gasteiger partial charge in [0.05, 0.1) is 11.3 Å². The van der Waals surface area contributed by atoms with Crippen LogP contribution in [0.25, 0.3) is 0 Å². The second-order valence-corrected chi connectivity index (χ2v) is 5.57. The normalized spacial score (nSPS) is 23.4. The number of hydrogen-bond donors (Lipinski definition) is 1. The molecule has 2 heterocycles. The van der Waals surface area contributed by atoms with E-state index < -0.39 is 11.8 Å². The van der Waals surface area contributed by atoms with E-state index in [9.17, 15) is 14.3 Å². The van der Waals surface area contributed by atoms with Gasteiger partial charge in [-0.3, -0.25) is 4.90 Å². The predicted octanol–water partition coefficient (Wildman–Crippen LogP) is 2.20. The average molecular weight is 278 g/mol. The van der Waals surface area contributed by atoms with Crippen molar-refractivity contribution in [3.63, 3.8) is 0 Å². The first-order valence-corrected chi connectivity index (χ1v) is 7.17. The van der Waals surface area contributed by atoms with E-state index in [-0.39, 0.29) is 11.3 Å². The molecule has 0 spiro atoms. The number of piperidine rings is 1. The Kier molecular flexibility index (Phi) is 3.61. The number of para-hydroxylation sites is 1. The van der Waals surface area contributed by atoms with Gasteiger partial charge < -0.3 is 10.0 Å². The molecule has 2 saturated heterocycles. The number of carbonyl (C=O) groups is 1. The van der Waals surface area contributed by atoms with Crippen molar-refractivity contribution in [3.05, 3.63) is 29.6 Å². The number of carboxylic acids is 1. The smallest absolute Gasteiger partial charge is 0.337 e. The Bertz CT molecular complexity index is 521. The van der Waals surface area contributed by atoms with E-state index in [1.807, 2.05) is 4.90 Å². The lowest BCUT2D eigenvalue weighted by molar-refractivity contribution is 0.0696. The molecular weight excluding hydrogens is 259 g/mol. The Balaban J connectivity index is 1.88. The summed E-state index contributed by atoms with van der Waals surface area (Å²) in [5.41, 5.74) is 0.319. The van der Waals surface area contributed by atoms with Crippen LogP contribution in [0.5, 0.6) is 0 Å². The van der Waals surface area contributed by atoms with Gasteiger partial charge in [-0.2, -0.15) is 0 Å². The van der Waals surface area contributed by atoms with E-state index in [0.29, 0.717) is 12.6 Å². The highest BCUT2D eigenvalue weighted by molar-refractivity contribution is 5.94. The Hall–Kier alpha value is -1.62. The predicted molar refractivity (Wildman–Crippen MR) is 74.8 cm³/mol. The second-order valence-electron chi connectivity index (χ2n) is 5.57. The van der Waals surface area contributed by atoms with Crippen molar-refractivity contribution < 1.29 is 14.3 Å². The van der Waals surface area contributed by atoms with Gasteiger partial charge in [0.1, 0.15) is 5.82 Å².